The third kappa shape index (κ3) is 5.51. The zero-order valence-corrected chi connectivity index (χ0v) is 15.3. The number of amides is 2. The monoisotopic (exact) mass is 356 g/mol. The Morgan fingerprint density at radius 3 is 2.31 bits per heavy atom. The molecule has 0 aromatic heterocycles. The normalized spacial score (nSPS) is 10.1. The number of carbonyl (C=O) groups is 2. The molecule has 26 heavy (non-hydrogen) atoms. The summed E-state index contributed by atoms with van der Waals surface area (Å²) in [5.74, 6) is 0.709. The fourth-order valence-corrected chi connectivity index (χ4v) is 2.54. The van der Waals surface area contributed by atoms with Crippen LogP contribution in [0.15, 0.2) is 48.5 Å². The van der Waals surface area contributed by atoms with Crippen molar-refractivity contribution in [1.82, 2.24) is 4.90 Å². The van der Waals surface area contributed by atoms with Gasteiger partial charge in [-0.15, -0.1) is 0 Å². The van der Waals surface area contributed by atoms with E-state index in [0.717, 1.165) is 5.56 Å². The van der Waals surface area contributed by atoms with Crippen molar-refractivity contribution >= 4 is 17.5 Å². The lowest BCUT2D eigenvalue weighted by molar-refractivity contribution is -0.132. The number of nitrogens with zero attached hydrogens (tertiary/aromatic N) is 1. The van der Waals surface area contributed by atoms with E-state index in [2.05, 4.69) is 5.32 Å². The Hall–Kier alpha value is -3.02. The fourth-order valence-electron chi connectivity index (χ4n) is 2.54. The number of rotatable bonds is 8. The van der Waals surface area contributed by atoms with E-state index in [1.807, 2.05) is 30.3 Å². The molecule has 0 saturated carbocycles. The first-order valence-electron chi connectivity index (χ1n) is 8.34. The van der Waals surface area contributed by atoms with Gasteiger partial charge in [0.25, 0.3) is 0 Å². The number of nitrogens with one attached hydrogen (secondary N) is 1. The number of hydrogen-bond acceptors (Lipinski definition) is 4. The van der Waals surface area contributed by atoms with Crippen molar-refractivity contribution in [2.75, 3.05) is 32.6 Å². The molecular formula is C20H24N2O4. The molecule has 138 valence electrons. The highest BCUT2D eigenvalue weighted by molar-refractivity contribution is 5.94. The average Bonchev–Trinajstić information content (AvgIpc) is 2.65. The topological polar surface area (TPSA) is 67.9 Å². The second-order valence-electron chi connectivity index (χ2n) is 5.79. The van der Waals surface area contributed by atoms with Crippen LogP contribution in [-0.2, 0) is 16.0 Å². The molecular weight excluding hydrogens is 332 g/mol. The van der Waals surface area contributed by atoms with Crippen LogP contribution in [0, 0.1) is 0 Å². The number of anilines is 1. The largest absolute Gasteiger partial charge is 0.493 e. The quantitative estimate of drug-likeness (QED) is 0.790. The Bertz CT molecular complexity index is 747. The molecule has 0 saturated heterocycles. The van der Waals surface area contributed by atoms with E-state index >= 15 is 0 Å². The van der Waals surface area contributed by atoms with Gasteiger partial charge in [0.2, 0.25) is 11.8 Å². The zero-order chi connectivity index (χ0) is 18.9. The Kier molecular flexibility index (Phi) is 7.02. The van der Waals surface area contributed by atoms with E-state index < -0.39 is 0 Å². The molecule has 6 heteroatoms. The van der Waals surface area contributed by atoms with Crippen LogP contribution in [0.1, 0.15) is 12.5 Å². The van der Waals surface area contributed by atoms with E-state index in [1.54, 1.807) is 25.3 Å². The van der Waals surface area contributed by atoms with E-state index in [4.69, 9.17) is 9.47 Å². The number of hydrogen-bond donors (Lipinski definition) is 1. The minimum absolute atomic E-state index is 0.00346. The van der Waals surface area contributed by atoms with Crippen LogP contribution in [0.2, 0.25) is 0 Å². The molecule has 2 aromatic carbocycles. The first kappa shape index (κ1) is 19.3. The van der Waals surface area contributed by atoms with Crippen LogP contribution in [0.25, 0.3) is 0 Å². The molecule has 0 radical (unpaired) electrons. The zero-order valence-electron chi connectivity index (χ0n) is 15.3. The van der Waals surface area contributed by atoms with Crippen LogP contribution >= 0.6 is 0 Å². The summed E-state index contributed by atoms with van der Waals surface area (Å²) in [6, 6.07) is 15.0. The van der Waals surface area contributed by atoms with Crippen molar-refractivity contribution in [3.8, 4) is 11.5 Å². The first-order valence-corrected chi connectivity index (χ1v) is 8.34. The lowest BCUT2D eigenvalue weighted by atomic mass is 10.1. The standard InChI is InChI=1S/C20H24N2O4/c1-15(23)22(12-11-16-7-5-4-6-8-16)14-20(24)21-17-9-10-18(25-2)19(13-17)26-3/h4-10,13H,11-12,14H2,1-3H3,(H,21,24). The number of methoxy groups -OCH3 is 2. The third-order valence-electron chi connectivity index (χ3n) is 3.96. The van der Waals surface area contributed by atoms with Crippen molar-refractivity contribution in [1.29, 1.82) is 0 Å². The molecule has 0 bridgehead atoms. The molecule has 1 N–H and O–H groups in total. The lowest BCUT2D eigenvalue weighted by Gasteiger charge is -2.20. The van der Waals surface area contributed by atoms with E-state index in [-0.39, 0.29) is 18.4 Å². The molecule has 2 rings (SSSR count). The maximum atomic E-state index is 12.3. The summed E-state index contributed by atoms with van der Waals surface area (Å²) in [5.41, 5.74) is 1.71. The molecule has 0 unspecified atom stereocenters. The Balaban J connectivity index is 1.96. The minimum atomic E-state index is -0.263. The molecule has 2 amide bonds. The van der Waals surface area contributed by atoms with Crippen LogP contribution in [0.5, 0.6) is 11.5 Å². The summed E-state index contributed by atoms with van der Waals surface area (Å²) >= 11 is 0. The molecule has 0 aliphatic carbocycles. The van der Waals surface area contributed by atoms with Gasteiger partial charge in [0.1, 0.15) is 0 Å². The van der Waals surface area contributed by atoms with Gasteiger partial charge in [0, 0.05) is 25.2 Å². The lowest BCUT2D eigenvalue weighted by Crippen LogP contribution is -2.38. The summed E-state index contributed by atoms with van der Waals surface area (Å²) < 4.78 is 10.4. The van der Waals surface area contributed by atoms with Gasteiger partial charge in [-0.05, 0) is 24.1 Å². The molecule has 0 fully saturated rings. The first-order chi connectivity index (χ1) is 12.5. The summed E-state index contributed by atoms with van der Waals surface area (Å²) in [6.45, 7) is 1.95. The smallest absolute Gasteiger partial charge is 0.243 e. The van der Waals surface area contributed by atoms with Crippen molar-refractivity contribution in [3.63, 3.8) is 0 Å². The van der Waals surface area contributed by atoms with Crippen LogP contribution in [0.3, 0.4) is 0 Å². The molecule has 0 heterocycles. The highest BCUT2D eigenvalue weighted by atomic mass is 16.5. The Morgan fingerprint density at radius 2 is 1.69 bits per heavy atom. The van der Waals surface area contributed by atoms with Gasteiger partial charge in [-0.2, -0.15) is 0 Å². The second kappa shape index (κ2) is 9.46. The van der Waals surface area contributed by atoms with Gasteiger partial charge in [-0.3, -0.25) is 9.59 Å². The molecule has 0 spiro atoms. The fraction of sp³-hybridized carbons (Fsp3) is 0.300. The van der Waals surface area contributed by atoms with Crippen molar-refractivity contribution in [2.45, 2.75) is 13.3 Å². The van der Waals surface area contributed by atoms with Gasteiger partial charge in [-0.25, -0.2) is 0 Å². The summed E-state index contributed by atoms with van der Waals surface area (Å²) in [6.07, 6.45) is 0.698. The molecule has 6 nitrogen and oxygen atoms in total. The third-order valence-corrected chi connectivity index (χ3v) is 3.96. The maximum Gasteiger partial charge on any atom is 0.243 e. The second-order valence-corrected chi connectivity index (χ2v) is 5.79. The predicted molar refractivity (Wildman–Crippen MR) is 101 cm³/mol. The van der Waals surface area contributed by atoms with Crippen molar-refractivity contribution in [3.05, 3.63) is 54.1 Å². The molecule has 0 atom stereocenters. The van der Waals surface area contributed by atoms with Gasteiger partial charge >= 0.3 is 0 Å². The maximum absolute atomic E-state index is 12.3. The number of benzene rings is 2. The van der Waals surface area contributed by atoms with E-state index in [1.165, 1.54) is 18.9 Å². The van der Waals surface area contributed by atoms with Gasteiger partial charge in [-0.1, -0.05) is 30.3 Å². The molecule has 2 aromatic rings. The summed E-state index contributed by atoms with van der Waals surface area (Å²) in [5, 5.41) is 2.78. The predicted octanol–water partition coefficient (Wildman–Crippen LogP) is 2.73. The van der Waals surface area contributed by atoms with Crippen LogP contribution < -0.4 is 14.8 Å². The molecule has 0 aliphatic rings. The van der Waals surface area contributed by atoms with Crippen LogP contribution in [-0.4, -0.2) is 44.0 Å². The molecule has 0 aliphatic heterocycles. The van der Waals surface area contributed by atoms with E-state index in [9.17, 15) is 9.59 Å². The minimum Gasteiger partial charge on any atom is -0.493 e. The highest BCUT2D eigenvalue weighted by Gasteiger charge is 2.14. The van der Waals surface area contributed by atoms with Crippen LogP contribution in [0.4, 0.5) is 5.69 Å². The summed E-state index contributed by atoms with van der Waals surface area (Å²) in [7, 11) is 3.08. The van der Waals surface area contributed by atoms with Crippen molar-refractivity contribution < 1.29 is 19.1 Å². The van der Waals surface area contributed by atoms with Gasteiger partial charge in [0.05, 0.1) is 20.8 Å². The highest BCUT2D eigenvalue weighted by Crippen LogP contribution is 2.29. The van der Waals surface area contributed by atoms with Gasteiger partial charge in [0.15, 0.2) is 11.5 Å². The number of carbonyl (C=O) groups excluding carboxylic acids is 2. The van der Waals surface area contributed by atoms with Crippen molar-refractivity contribution in [2.24, 2.45) is 0 Å². The van der Waals surface area contributed by atoms with Gasteiger partial charge < -0.3 is 19.7 Å². The SMILES string of the molecule is COc1ccc(NC(=O)CN(CCc2ccccc2)C(C)=O)cc1OC. The Morgan fingerprint density at radius 1 is 1.00 bits per heavy atom. The number of ether oxygens (including phenoxy) is 2. The van der Waals surface area contributed by atoms with E-state index in [0.29, 0.717) is 30.2 Å². The summed E-state index contributed by atoms with van der Waals surface area (Å²) in [4.78, 5) is 25.7. The Labute approximate surface area is 153 Å². The average molecular weight is 356 g/mol.